The second-order valence-corrected chi connectivity index (χ2v) is 14.1. The van der Waals surface area contributed by atoms with Crippen molar-refractivity contribution >= 4 is 54.1 Å². The summed E-state index contributed by atoms with van der Waals surface area (Å²) in [6, 6.07) is 71.5. The highest BCUT2D eigenvalue weighted by Gasteiger charge is 2.20. The number of aromatic nitrogens is 3. The molecule has 0 radical (unpaired) electrons. The predicted molar refractivity (Wildman–Crippen MR) is 231 cm³/mol. The van der Waals surface area contributed by atoms with Crippen LogP contribution in [0.4, 0.5) is 0 Å². The smallest absolute Gasteiger partial charge is 0.160 e. The van der Waals surface area contributed by atoms with E-state index in [2.05, 4.69) is 187 Å². The van der Waals surface area contributed by atoms with Gasteiger partial charge in [-0.1, -0.05) is 170 Å². The van der Waals surface area contributed by atoms with Crippen molar-refractivity contribution in [3.05, 3.63) is 200 Å². The van der Waals surface area contributed by atoms with E-state index in [1.54, 1.807) is 0 Å². The molecule has 0 aliphatic heterocycles. The fourth-order valence-corrected chi connectivity index (χ4v) is 8.42. The van der Waals surface area contributed by atoms with Gasteiger partial charge in [0.25, 0.3) is 0 Å². The predicted octanol–water partition coefficient (Wildman–Crippen LogP) is 13.7. The molecular formula is C52H33N3. The van der Waals surface area contributed by atoms with E-state index in [4.69, 9.17) is 9.97 Å². The Morgan fingerprint density at radius 2 is 0.800 bits per heavy atom. The minimum atomic E-state index is 0.706. The standard InChI is InChI=1S/C52H33N3/c1-4-14-34(15-5-1)35-24-26-36(27-25-35)47-33-48(54-52(53-47)37-16-6-2-7-17-37)38-28-29-44-46(32-38)41-21-11-10-20-40(41)43-30-31-45-42-22-12-13-23-49(42)55(51(45)50(43)44)39-18-8-3-9-19-39/h1-33H. The Hall–Kier alpha value is -7.36. The van der Waals surface area contributed by atoms with Crippen LogP contribution in [0.3, 0.4) is 0 Å². The highest BCUT2D eigenvalue weighted by Crippen LogP contribution is 2.44. The van der Waals surface area contributed by atoms with Crippen molar-refractivity contribution in [2.45, 2.75) is 0 Å². The Morgan fingerprint density at radius 3 is 1.53 bits per heavy atom. The molecule has 0 saturated heterocycles. The summed E-state index contributed by atoms with van der Waals surface area (Å²) in [4.78, 5) is 10.4. The molecule has 0 aliphatic carbocycles. The third-order valence-electron chi connectivity index (χ3n) is 11.0. The zero-order chi connectivity index (χ0) is 36.3. The van der Waals surface area contributed by atoms with Crippen LogP contribution in [0.15, 0.2) is 200 Å². The van der Waals surface area contributed by atoms with Gasteiger partial charge < -0.3 is 4.57 Å². The number of hydrogen-bond acceptors (Lipinski definition) is 2. The van der Waals surface area contributed by atoms with Gasteiger partial charge in [-0.2, -0.15) is 0 Å². The monoisotopic (exact) mass is 699 g/mol. The van der Waals surface area contributed by atoms with E-state index in [1.165, 1.54) is 65.3 Å². The van der Waals surface area contributed by atoms with Gasteiger partial charge in [0.1, 0.15) is 0 Å². The molecule has 0 spiro atoms. The minimum absolute atomic E-state index is 0.706. The number of benzene rings is 9. The molecular weight excluding hydrogens is 667 g/mol. The fraction of sp³-hybridized carbons (Fsp3) is 0. The highest BCUT2D eigenvalue weighted by molar-refractivity contribution is 6.33. The lowest BCUT2D eigenvalue weighted by Gasteiger charge is -2.16. The van der Waals surface area contributed by atoms with Crippen molar-refractivity contribution in [3.63, 3.8) is 0 Å². The van der Waals surface area contributed by atoms with Crippen molar-refractivity contribution in [1.29, 1.82) is 0 Å². The molecule has 11 aromatic rings. The molecule has 3 nitrogen and oxygen atoms in total. The van der Waals surface area contributed by atoms with Gasteiger partial charge in [-0.05, 0) is 68.4 Å². The first-order valence-electron chi connectivity index (χ1n) is 18.7. The van der Waals surface area contributed by atoms with Crippen molar-refractivity contribution < 1.29 is 0 Å². The molecule has 0 unspecified atom stereocenters. The Kier molecular flexibility index (Phi) is 7.17. The maximum Gasteiger partial charge on any atom is 0.160 e. The largest absolute Gasteiger partial charge is 0.309 e. The number of nitrogens with zero attached hydrogens (tertiary/aromatic N) is 3. The normalized spacial score (nSPS) is 11.6. The maximum absolute atomic E-state index is 5.23. The van der Waals surface area contributed by atoms with Crippen molar-refractivity contribution in [2.75, 3.05) is 0 Å². The first-order valence-corrected chi connectivity index (χ1v) is 18.7. The van der Waals surface area contributed by atoms with Gasteiger partial charge in [0, 0.05) is 38.5 Å². The van der Waals surface area contributed by atoms with Crippen LogP contribution in [0, 0.1) is 0 Å². The van der Waals surface area contributed by atoms with Crippen LogP contribution >= 0.6 is 0 Å². The molecule has 0 bridgehead atoms. The van der Waals surface area contributed by atoms with Crippen molar-refractivity contribution in [3.8, 4) is 50.7 Å². The molecule has 0 amide bonds. The Morgan fingerprint density at radius 1 is 0.309 bits per heavy atom. The lowest BCUT2D eigenvalue weighted by molar-refractivity contribution is 1.18. The minimum Gasteiger partial charge on any atom is -0.309 e. The van der Waals surface area contributed by atoms with Crippen LogP contribution < -0.4 is 0 Å². The zero-order valence-electron chi connectivity index (χ0n) is 29.9. The third kappa shape index (κ3) is 5.13. The summed E-state index contributed by atoms with van der Waals surface area (Å²) in [5.74, 6) is 0.706. The molecule has 256 valence electrons. The Balaban J connectivity index is 1.17. The average molecular weight is 700 g/mol. The van der Waals surface area contributed by atoms with E-state index in [0.29, 0.717) is 5.82 Å². The third-order valence-corrected chi connectivity index (χ3v) is 11.0. The Bertz CT molecular complexity index is 3220. The van der Waals surface area contributed by atoms with Gasteiger partial charge >= 0.3 is 0 Å². The summed E-state index contributed by atoms with van der Waals surface area (Å²) < 4.78 is 2.45. The molecule has 2 heterocycles. The van der Waals surface area contributed by atoms with Crippen LogP contribution in [0.2, 0.25) is 0 Å². The molecule has 0 aliphatic rings. The van der Waals surface area contributed by atoms with Crippen molar-refractivity contribution in [1.82, 2.24) is 14.5 Å². The average Bonchev–Trinajstić information content (AvgIpc) is 3.61. The van der Waals surface area contributed by atoms with Gasteiger partial charge in [0.2, 0.25) is 0 Å². The van der Waals surface area contributed by atoms with Gasteiger partial charge in [0.15, 0.2) is 5.82 Å². The van der Waals surface area contributed by atoms with E-state index in [-0.39, 0.29) is 0 Å². The van der Waals surface area contributed by atoms with Crippen LogP contribution in [-0.4, -0.2) is 14.5 Å². The van der Waals surface area contributed by atoms with Gasteiger partial charge in [-0.15, -0.1) is 0 Å². The maximum atomic E-state index is 5.23. The number of hydrogen-bond donors (Lipinski definition) is 0. The van der Waals surface area contributed by atoms with Crippen LogP contribution in [0.5, 0.6) is 0 Å². The number of rotatable bonds is 5. The summed E-state index contributed by atoms with van der Waals surface area (Å²) >= 11 is 0. The van der Waals surface area contributed by atoms with Gasteiger partial charge in [-0.25, -0.2) is 9.97 Å². The molecule has 0 saturated carbocycles. The van der Waals surface area contributed by atoms with Gasteiger partial charge in [-0.3, -0.25) is 0 Å². The SMILES string of the molecule is c1ccc(-c2ccc(-c3cc(-c4ccc5c(c4)c4ccccc4c4ccc6c7ccccc7n(-c7ccccc7)c6c45)nc(-c4ccccc4)n3)cc2)cc1. The first-order chi connectivity index (χ1) is 27.3. The molecule has 9 aromatic carbocycles. The summed E-state index contributed by atoms with van der Waals surface area (Å²) in [5, 5.41) is 9.88. The molecule has 11 rings (SSSR count). The molecule has 3 heteroatoms. The van der Waals surface area contributed by atoms with E-state index >= 15 is 0 Å². The lowest BCUT2D eigenvalue weighted by atomic mass is 9.91. The summed E-state index contributed by atoms with van der Waals surface area (Å²) in [6.07, 6.45) is 0. The summed E-state index contributed by atoms with van der Waals surface area (Å²) in [6.45, 7) is 0. The molecule has 55 heavy (non-hydrogen) atoms. The van der Waals surface area contributed by atoms with E-state index in [9.17, 15) is 0 Å². The quantitative estimate of drug-likeness (QED) is 0.167. The van der Waals surface area contributed by atoms with Crippen LogP contribution in [0.25, 0.3) is 105 Å². The van der Waals surface area contributed by atoms with Crippen molar-refractivity contribution in [2.24, 2.45) is 0 Å². The van der Waals surface area contributed by atoms with E-state index in [1.807, 2.05) is 18.2 Å². The molecule has 0 atom stereocenters. The van der Waals surface area contributed by atoms with E-state index in [0.717, 1.165) is 33.8 Å². The van der Waals surface area contributed by atoms with E-state index < -0.39 is 0 Å². The van der Waals surface area contributed by atoms with Crippen LogP contribution in [0.1, 0.15) is 0 Å². The Labute approximate surface area is 318 Å². The van der Waals surface area contributed by atoms with Crippen LogP contribution in [-0.2, 0) is 0 Å². The summed E-state index contributed by atoms with van der Waals surface area (Å²) in [5.41, 5.74) is 10.8. The first kappa shape index (κ1) is 31.2. The second kappa shape index (κ2) is 12.6. The molecule has 0 fully saturated rings. The molecule has 2 aromatic heterocycles. The van der Waals surface area contributed by atoms with Gasteiger partial charge in [0.05, 0.1) is 22.4 Å². The highest BCUT2D eigenvalue weighted by atomic mass is 15.0. The number of para-hydroxylation sites is 2. The summed E-state index contributed by atoms with van der Waals surface area (Å²) in [7, 11) is 0. The lowest BCUT2D eigenvalue weighted by Crippen LogP contribution is -1.96. The fourth-order valence-electron chi connectivity index (χ4n) is 8.42. The topological polar surface area (TPSA) is 30.7 Å². The molecule has 0 N–H and O–H groups in total. The number of fused-ring (bicyclic) bond motifs is 10. The zero-order valence-corrected chi connectivity index (χ0v) is 29.9. The second-order valence-electron chi connectivity index (χ2n) is 14.1.